The smallest absolute Gasteiger partial charge is 0.0528 e. The highest BCUT2D eigenvalue weighted by Crippen LogP contribution is 2.43. The summed E-state index contributed by atoms with van der Waals surface area (Å²) in [6, 6.07) is 8.27. The molecule has 0 heterocycles. The molecule has 0 fully saturated rings. The van der Waals surface area contributed by atoms with Crippen molar-refractivity contribution in [3.8, 4) is 0 Å². The first-order chi connectivity index (χ1) is 7.21. The summed E-state index contributed by atoms with van der Waals surface area (Å²) in [4.78, 5) is 0. The van der Waals surface area contributed by atoms with Crippen molar-refractivity contribution in [1.82, 2.24) is 0 Å². The Morgan fingerprint density at radius 2 is 2.20 bits per heavy atom. The van der Waals surface area contributed by atoms with Gasteiger partial charge in [-0.3, -0.25) is 0 Å². The minimum absolute atomic E-state index is 0.147. The number of fused-ring (bicyclic) bond motifs is 1. The van der Waals surface area contributed by atoms with E-state index in [0.29, 0.717) is 0 Å². The fourth-order valence-electron chi connectivity index (χ4n) is 2.23. The van der Waals surface area contributed by atoms with E-state index in [-0.39, 0.29) is 17.9 Å². The molecule has 0 bridgehead atoms. The predicted molar refractivity (Wildman–Crippen MR) is 63.6 cm³/mol. The van der Waals surface area contributed by atoms with E-state index in [1.807, 2.05) is 18.2 Å². The summed E-state index contributed by atoms with van der Waals surface area (Å²) in [5.41, 5.74) is 2.27. The third-order valence-electron chi connectivity index (χ3n) is 3.26. The second-order valence-corrected chi connectivity index (χ2v) is 4.34. The lowest BCUT2D eigenvalue weighted by atomic mass is 9.69. The number of benzene rings is 1. The van der Waals surface area contributed by atoms with Gasteiger partial charge in [-0.25, -0.2) is 0 Å². The normalized spacial score (nSPS) is 28.5. The van der Waals surface area contributed by atoms with Gasteiger partial charge in [-0.05, 0) is 11.1 Å². The van der Waals surface area contributed by atoms with E-state index in [9.17, 15) is 5.11 Å². The molecular weight excluding hydrogens is 184 g/mol. The van der Waals surface area contributed by atoms with Crippen LogP contribution in [0.5, 0.6) is 0 Å². The van der Waals surface area contributed by atoms with Gasteiger partial charge in [0.05, 0.1) is 6.61 Å². The second-order valence-electron chi connectivity index (χ2n) is 4.34. The van der Waals surface area contributed by atoms with Crippen LogP contribution in [0.2, 0.25) is 0 Å². The Hall–Kier alpha value is -1.34. The predicted octanol–water partition coefficient (Wildman–Crippen LogP) is 2.98. The van der Waals surface area contributed by atoms with Crippen LogP contribution in [0.1, 0.15) is 24.0 Å². The molecule has 0 spiro atoms. The number of hydrogen-bond donors (Lipinski definition) is 1. The molecule has 0 aromatic heterocycles. The van der Waals surface area contributed by atoms with Gasteiger partial charge in [0.2, 0.25) is 0 Å². The van der Waals surface area contributed by atoms with E-state index in [1.54, 1.807) is 0 Å². The van der Waals surface area contributed by atoms with Crippen molar-refractivity contribution < 1.29 is 5.11 Å². The Balaban J connectivity index is 2.55. The molecule has 0 saturated carbocycles. The van der Waals surface area contributed by atoms with Crippen LogP contribution in [0.4, 0.5) is 0 Å². The van der Waals surface area contributed by atoms with E-state index >= 15 is 0 Å². The van der Waals surface area contributed by atoms with Gasteiger partial charge in [0.15, 0.2) is 0 Å². The van der Waals surface area contributed by atoms with Crippen molar-refractivity contribution in [3.63, 3.8) is 0 Å². The Morgan fingerprint density at radius 3 is 2.87 bits per heavy atom. The third kappa shape index (κ3) is 1.53. The van der Waals surface area contributed by atoms with Crippen LogP contribution in [-0.2, 0) is 0 Å². The van der Waals surface area contributed by atoms with Crippen molar-refractivity contribution >= 4 is 6.08 Å². The summed E-state index contributed by atoms with van der Waals surface area (Å²) in [5, 5.41) is 9.48. The maximum atomic E-state index is 9.48. The maximum absolute atomic E-state index is 9.48. The lowest BCUT2D eigenvalue weighted by Gasteiger charge is -2.35. The topological polar surface area (TPSA) is 20.2 Å². The molecule has 1 aromatic carbocycles. The molecule has 0 unspecified atom stereocenters. The molecule has 2 rings (SSSR count). The van der Waals surface area contributed by atoms with E-state index in [1.165, 1.54) is 11.1 Å². The molecule has 1 aromatic rings. The molecule has 1 heteroatoms. The molecule has 2 atom stereocenters. The molecule has 0 saturated heterocycles. The van der Waals surface area contributed by atoms with Crippen LogP contribution in [0, 0.1) is 5.41 Å². The molecule has 15 heavy (non-hydrogen) atoms. The standard InChI is InChI=1S/C14H16O/c1-3-13-12-7-5-4-6-11(12)8-9-14(13,2)10-15/h3-9,13,15H,1,10H2,2H3/t13-,14-/m1/s1. The van der Waals surface area contributed by atoms with Crippen molar-refractivity contribution in [2.45, 2.75) is 12.8 Å². The second kappa shape index (κ2) is 3.67. The van der Waals surface area contributed by atoms with Crippen molar-refractivity contribution in [1.29, 1.82) is 0 Å². The van der Waals surface area contributed by atoms with Gasteiger partial charge < -0.3 is 5.11 Å². The summed E-state index contributed by atoms with van der Waals surface area (Å²) in [6.45, 7) is 6.09. The minimum atomic E-state index is -0.212. The number of aliphatic hydroxyl groups excluding tert-OH is 1. The fourth-order valence-corrected chi connectivity index (χ4v) is 2.23. The molecule has 1 N–H and O–H groups in total. The van der Waals surface area contributed by atoms with Gasteiger partial charge in [0.1, 0.15) is 0 Å². The summed E-state index contributed by atoms with van der Waals surface area (Å²) in [6.07, 6.45) is 6.10. The summed E-state index contributed by atoms with van der Waals surface area (Å²) in [5.74, 6) is 0.198. The Bertz CT molecular complexity index is 406. The number of hydrogen-bond acceptors (Lipinski definition) is 1. The average molecular weight is 200 g/mol. The number of rotatable bonds is 2. The van der Waals surface area contributed by atoms with Crippen LogP contribution < -0.4 is 0 Å². The quantitative estimate of drug-likeness (QED) is 0.728. The molecule has 78 valence electrons. The van der Waals surface area contributed by atoms with Gasteiger partial charge in [-0.15, -0.1) is 6.58 Å². The van der Waals surface area contributed by atoms with E-state index in [0.717, 1.165) is 0 Å². The molecule has 1 nitrogen and oxygen atoms in total. The van der Waals surface area contributed by atoms with Crippen LogP contribution in [0.15, 0.2) is 43.0 Å². The van der Waals surface area contributed by atoms with E-state index in [2.05, 4.69) is 37.8 Å². The van der Waals surface area contributed by atoms with Gasteiger partial charge in [0.25, 0.3) is 0 Å². The third-order valence-corrected chi connectivity index (χ3v) is 3.26. The minimum Gasteiger partial charge on any atom is -0.395 e. The molecule has 1 aliphatic carbocycles. The van der Waals surface area contributed by atoms with Crippen molar-refractivity contribution in [2.75, 3.05) is 6.61 Å². The van der Waals surface area contributed by atoms with Gasteiger partial charge >= 0.3 is 0 Å². The van der Waals surface area contributed by atoms with E-state index < -0.39 is 0 Å². The SMILES string of the molecule is C=C[C@@H]1c2ccccc2C=C[C@]1(C)CO. The van der Waals surface area contributed by atoms with Gasteiger partial charge in [0, 0.05) is 11.3 Å². The summed E-state index contributed by atoms with van der Waals surface area (Å²) >= 11 is 0. The first kappa shape index (κ1) is 10.2. The monoisotopic (exact) mass is 200 g/mol. The maximum Gasteiger partial charge on any atom is 0.0528 e. The van der Waals surface area contributed by atoms with Gasteiger partial charge in [-0.1, -0.05) is 49.4 Å². The highest BCUT2D eigenvalue weighted by molar-refractivity contribution is 5.60. The van der Waals surface area contributed by atoms with Crippen LogP contribution >= 0.6 is 0 Å². The number of aliphatic hydroxyl groups is 1. The Kier molecular flexibility index (Phi) is 2.49. The molecule has 0 aliphatic heterocycles. The van der Waals surface area contributed by atoms with Crippen LogP contribution in [-0.4, -0.2) is 11.7 Å². The lowest BCUT2D eigenvalue weighted by Crippen LogP contribution is -2.28. The Labute approximate surface area is 90.8 Å². The first-order valence-corrected chi connectivity index (χ1v) is 5.23. The van der Waals surface area contributed by atoms with Crippen LogP contribution in [0.3, 0.4) is 0 Å². The molecule has 1 aliphatic rings. The van der Waals surface area contributed by atoms with E-state index in [4.69, 9.17) is 0 Å². The van der Waals surface area contributed by atoms with Crippen molar-refractivity contribution in [3.05, 3.63) is 54.1 Å². The zero-order chi connectivity index (χ0) is 10.9. The zero-order valence-electron chi connectivity index (χ0n) is 8.98. The molecule has 0 radical (unpaired) electrons. The largest absolute Gasteiger partial charge is 0.395 e. The highest BCUT2D eigenvalue weighted by Gasteiger charge is 2.33. The molecule has 0 amide bonds. The van der Waals surface area contributed by atoms with Gasteiger partial charge in [-0.2, -0.15) is 0 Å². The Morgan fingerprint density at radius 1 is 1.47 bits per heavy atom. The molecular formula is C14H16O. The highest BCUT2D eigenvalue weighted by atomic mass is 16.3. The first-order valence-electron chi connectivity index (χ1n) is 5.23. The number of allylic oxidation sites excluding steroid dienone is 1. The lowest BCUT2D eigenvalue weighted by molar-refractivity contribution is 0.170. The fraction of sp³-hybridized carbons (Fsp3) is 0.286. The van der Waals surface area contributed by atoms with Crippen LogP contribution in [0.25, 0.3) is 6.08 Å². The zero-order valence-corrected chi connectivity index (χ0v) is 8.98. The van der Waals surface area contributed by atoms with Crippen molar-refractivity contribution in [2.24, 2.45) is 5.41 Å². The average Bonchev–Trinajstić information content (AvgIpc) is 2.29. The summed E-state index contributed by atoms with van der Waals surface area (Å²) in [7, 11) is 0. The summed E-state index contributed by atoms with van der Waals surface area (Å²) < 4.78 is 0.